The zero-order chi connectivity index (χ0) is 12.0. The minimum absolute atomic E-state index is 0.0612. The molecule has 0 fully saturated rings. The lowest BCUT2D eigenvalue weighted by Gasteiger charge is -2.10. The van der Waals surface area contributed by atoms with Crippen molar-refractivity contribution in [1.82, 2.24) is 0 Å². The summed E-state index contributed by atoms with van der Waals surface area (Å²) in [5, 5.41) is 7.93. The van der Waals surface area contributed by atoms with Crippen LogP contribution in [-0.4, -0.2) is 25.7 Å². The molecule has 0 spiro atoms. The second-order valence-electron chi connectivity index (χ2n) is 3.10. The third-order valence-corrected chi connectivity index (χ3v) is 2.16. The van der Waals surface area contributed by atoms with Gasteiger partial charge in [-0.1, -0.05) is 11.6 Å². The summed E-state index contributed by atoms with van der Waals surface area (Å²) in [7, 11) is 0. The molecule has 0 aliphatic heterocycles. The van der Waals surface area contributed by atoms with E-state index < -0.39 is 0 Å². The number of amidine groups is 1. The number of halogens is 1. The summed E-state index contributed by atoms with van der Waals surface area (Å²) < 4.78 is 10.6. The first-order valence-electron chi connectivity index (χ1n) is 4.99. The van der Waals surface area contributed by atoms with E-state index in [-0.39, 0.29) is 5.84 Å². The van der Waals surface area contributed by atoms with E-state index in [2.05, 4.69) is 0 Å². The summed E-state index contributed by atoms with van der Waals surface area (Å²) in [6.45, 7) is 3.51. The molecular weight excluding hydrogens is 228 g/mol. The summed E-state index contributed by atoms with van der Waals surface area (Å²) in [5.74, 6) is 0.491. The fourth-order valence-electron chi connectivity index (χ4n) is 1.19. The van der Waals surface area contributed by atoms with Crippen LogP contribution in [0.25, 0.3) is 0 Å². The highest BCUT2D eigenvalue weighted by Gasteiger charge is 2.07. The van der Waals surface area contributed by atoms with Gasteiger partial charge < -0.3 is 15.2 Å². The van der Waals surface area contributed by atoms with Gasteiger partial charge in [-0.3, -0.25) is 5.41 Å². The second kappa shape index (κ2) is 6.35. The molecule has 88 valence electrons. The molecular formula is C11H15ClN2O2. The molecule has 0 atom stereocenters. The predicted molar refractivity (Wildman–Crippen MR) is 64.5 cm³/mol. The molecule has 0 aromatic heterocycles. The van der Waals surface area contributed by atoms with Gasteiger partial charge in [0.25, 0.3) is 0 Å². The van der Waals surface area contributed by atoms with Gasteiger partial charge in [-0.25, -0.2) is 0 Å². The first-order valence-corrected chi connectivity index (χ1v) is 5.37. The monoisotopic (exact) mass is 242 g/mol. The van der Waals surface area contributed by atoms with E-state index in [9.17, 15) is 0 Å². The average Bonchev–Trinajstić information content (AvgIpc) is 2.26. The van der Waals surface area contributed by atoms with Crippen LogP contribution in [0.2, 0.25) is 5.02 Å². The minimum atomic E-state index is -0.0612. The SMILES string of the molecule is CCOCCOc1ccc(Cl)cc1C(=N)N. The molecule has 0 heterocycles. The lowest BCUT2D eigenvalue weighted by Crippen LogP contribution is -2.14. The van der Waals surface area contributed by atoms with Gasteiger partial charge in [-0.2, -0.15) is 0 Å². The summed E-state index contributed by atoms with van der Waals surface area (Å²) >= 11 is 5.81. The van der Waals surface area contributed by atoms with Crippen molar-refractivity contribution in [3.63, 3.8) is 0 Å². The van der Waals surface area contributed by atoms with Crippen LogP contribution in [0.15, 0.2) is 18.2 Å². The molecule has 0 bridgehead atoms. The van der Waals surface area contributed by atoms with Gasteiger partial charge in [-0.15, -0.1) is 0 Å². The topological polar surface area (TPSA) is 68.3 Å². The van der Waals surface area contributed by atoms with Crippen LogP contribution < -0.4 is 10.5 Å². The van der Waals surface area contributed by atoms with Crippen molar-refractivity contribution in [3.05, 3.63) is 28.8 Å². The van der Waals surface area contributed by atoms with E-state index in [1.807, 2.05) is 6.92 Å². The standard InChI is InChI=1S/C11H15ClN2O2/c1-2-15-5-6-16-10-4-3-8(12)7-9(10)11(13)14/h3-4,7H,2,5-6H2,1H3,(H3,13,14). The molecule has 0 amide bonds. The van der Waals surface area contributed by atoms with Crippen LogP contribution >= 0.6 is 11.6 Å². The van der Waals surface area contributed by atoms with E-state index in [1.54, 1.807) is 18.2 Å². The van der Waals surface area contributed by atoms with Crippen molar-refractivity contribution in [2.45, 2.75) is 6.92 Å². The third-order valence-electron chi connectivity index (χ3n) is 1.92. The Morgan fingerprint density at radius 3 is 2.81 bits per heavy atom. The Balaban J connectivity index is 2.67. The first kappa shape index (κ1) is 12.8. The maximum atomic E-state index is 7.40. The van der Waals surface area contributed by atoms with Gasteiger partial charge in [0.05, 0.1) is 12.2 Å². The Morgan fingerprint density at radius 2 is 2.19 bits per heavy atom. The maximum absolute atomic E-state index is 7.40. The molecule has 4 nitrogen and oxygen atoms in total. The lowest BCUT2D eigenvalue weighted by molar-refractivity contribution is 0.110. The second-order valence-corrected chi connectivity index (χ2v) is 3.54. The quantitative estimate of drug-likeness (QED) is 0.456. The van der Waals surface area contributed by atoms with Crippen LogP contribution in [0, 0.1) is 5.41 Å². The Kier molecular flexibility index (Phi) is 5.08. The van der Waals surface area contributed by atoms with Crippen LogP contribution in [0.1, 0.15) is 12.5 Å². The number of hydrogen-bond acceptors (Lipinski definition) is 3. The number of ether oxygens (including phenoxy) is 2. The van der Waals surface area contributed by atoms with Gasteiger partial charge >= 0.3 is 0 Å². The number of nitrogens with two attached hydrogens (primary N) is 1. The van der Waals surface area contributed by atoms with Crippen LogP contribution in [0.5, 0.6) is 5.75 Å². The maximum Gasteiger partial charge on any atom is 0.130 e. The van der Waals surface area contributed by atoms with Crippen molar-refractivity contribution < 1.29 is 9.47 Å². The predicted octanol–water partition coefficient (Wildman–Crippen LogP) is 2.04. The zero-order valence-corrected chi connectivity index (χ0v) is 9.88. The Bertz CT molecular complexity index is 369. The Hall–Kier alpha value is -1.26. The molecule has 0 saturated carbocycles. The fourth-order valence-corrected chi connectivity index (χ4v) is 1.37. The highest BCUT2D eigenvalue weighted by molar-refractivity contribution is 6.31. The van der Waals surface area contributed by atoms with Gasteiger partial charge in [-0.05, 0) is 25.1 Å². The number of hydrogen-bond donors (Lipinski definition) is 2. The normalized spacial score (nSPS) is 10.1. The number of benzene rings is 1. The van der Waals surface area contributed by atoms with Crippen molar-refractivity contribution in [2.75, 3.05) is 19.8 Å². The highest BCUT2D eigenvalue weighted by Crippen LogP contribution is 2.22. The number of rotatable bonds is 6. The van der Waals surface area contributed by atoms with Crippen molar-refractivity contribution >= 4 is 17.4 Å². The lowest BCUT2D eigenvalue weighted by atomic mass is 10.2. The number of nitrogens with one attached hydrogen (secondary N) is 1. The average molecular weight is 243 g/mol. The van der Waals surface area contributed by atoms with E-state index in [4.69, 9.17) is 32.2 Å². The molecule has 16 heavy (non-hydrogen) atoms. The summed E-state index contributed by atoms with van der Waals surface area (Å²) in [6, 6.07) is 5.01. The van der Waals surface area contributed by atoms with Gasteiger partial charge in [0.15, 0.2) is 0 Å². The van der Waals surface area contributed by atoms with Crippen molar-refractivity contribution in [1.29, 1.82) is 5.41 Å². The molecule has 0 aliphatic carbocycles. The molecule has 3 N–H and O–H groups in total. The van der Waals surface area contributed by atoms with Gasteiger partial charge in [0, 0.05) is 11.6 Å². The highest BCUT2D eigenvalue weighted by atomic mass is 35.5. The smallest absolute Gasteiger partial charge is 0.130 e. The van der Waals surface area contributed by atoms with E-state index in [1.165, 1.54) is 0 Å². The van der Waals surface area contributed by atoms with E-state index in [0.717, 1.165) is 0 Å². The van der Waals surface area contributed by atoms with Gasteiger partial charge in [0.2, 0.25) is 0 Å². The van der Waals surface area contributed by atoms with Crippen LogP contribution in [0.4, 0.5) is 0 Å². The summed E-state index contributed by atoms with van der Waals surface area (Å²) in [4.78, 5) is 0. The van der Waals surface area contributed by atoms with Crippen molar-refractivity contribution in [3.8, 4) is 5.75 Å². The minimum Gasteiger partial charge on any atom is -0.490 e. The van der Waals surface area contributed by atoms with E-state index >= 15 is 0 Å². The van der Waals surface area contributed by atoms with Crippen LogP contribution in [0.3, 0.4) is 0 Å². The molecule has 0 unspecified atom stereocenters. The molecule has 0 aliphatic rings. The first-order chi connectivity index (χ1) is 7.65. The summed E-state index contributed by atoms with van der Waals surface area (Å²) in [5.41, 5.74) is 5.93. The summed E-state index contributed by atoms with van der Waals surface area (Å²) in [6.07, 6.45) is 0. The molecule has 1 rings (SSSR count). The van der Waals surface area contributed by atoms with E-state index in [0.29, 0.717) is 36.2 Å². The molecule has 5 heteroatoms. The van der Waals surface area contributed by atoms with Crippen LogP contribution in [-0.2, 0) is 4.74 Å². The molecule has 0 saturated heterocycles. The Labute approximate surface area is 99.8 Å². The van der Waals surface area contributed by atoms with Crippen molar-refractivity contribution in [2.24, 2.45) is 5.73 Å². The zero-order valence-electron chi connectivity index (χ0n) is 9.13. The molecule has 1 aromatic carbocycles. The van der Waals surface area contributed by atoms with Gasteiger partial charge in [0.1, 0.15) is 18.2 Å². The Morgan fingerprint density at radius 1 is 1.44 bits per heavy atom. The molecule has 1 aromatic rings. The largest absolute Gasteiger partial charge is 0.490 e. The third kappa shape index (κ3) is 3.72. The number of nitrogen functional groups attached to an aromatic ring is 1. The molecule has 0 radical (unpaired) electrons. The fraction of sp³-hybridized carbons (Fsp3) is 0.364.